The summed E-state index contributed by atoms with van der Waals surface area (Å²) >= 11 is 0. The van der Waals surface area contributed by atoms with Gasteiger partial charge in [-0.1, -0.05) is 0 Å². The maximum Gasteiger partial charge on any atom is 0.137 e. The Hall–Kier alpha value is -1.09. The molecule has 0 spiro atoms. The first-order valence-corrected chi connectivity index (χ1v) is 4.32. The first-order valence-electron chi connectivity index (χ1n) is 4.32. The molecule has 0 saturated carbocycles. The fraction of sp³-hybridized carbons (Fsp3) is 0.500. The molecule has 0 aliphatic heterocycles. The lowest BCUT2D eigenvalue weighted by Crippen LogP contribution is -2.38. The van der Waals surface area contributed by atoms with Gasteiger partial charge >= 0.3 is 0 Å². The van der Waals surface area contributed by atoms with Crippen LogP contribution in [-0.2, 0) is 0 Å². The minimum absolute atomic E-state index is 0.301. The third kappa shape index (κ3) is 3.90. The van der Waals surface area contributed by atoms with Crippen LogP contribution in [0.25, 0.3) is 0 Å². The molecule has 1 aromatic rings. The van der Waals surface area contributed by atoms with Gasteiger partial charge in [0.15, 0.2) is 0 Å². The van der Waals surface area contributed by atoms with E-state index in [2.05, 4.69) is 4.98 Å². The highest BCUT2D eigenvalue weighted by molar-refractivity contribution is 5.19. The van der Waals surface area contributed by atoms with Crippen LogP contribution < -0.4 is 10.5 Å². The van der Waals surface area contributed by atoms with Crippen LogP contribution >= 0.6 is 0 Å². The van der Waals surface area contributed by atoms with Crippen molar-refractivity contribution in [3.63, 3.8) is 0 Å². The summed E-state index contributed by atoms with van der Waals surface area (Å²) in [5, 5.41) is 0. The van der Waals surface area contributed by atoms with Crippen LogP contribution in [0, 0.1) is 6.92 Å². The summed E-state index contributed by atoms with van der Waals surface area (Å²) in [6.45, 7) is 6.29. The van der Waals surface area contributed by atoms with Gasteiger partial charge in [0.2, 0.25) is 0 Å². The summed E-state index contributed by atoms with van der Waals surface area (Å²) in [4.78, 5) is 4.11. The summed E-state index contributed by atoms with van der Waals surface area (Å²) in [6.07, 6.45) is 1.71. The smallest absolute Gasteiger partial charge is 0.137 e. The average Bonchev–Trinajstić information content (AvgIpc) is 2.02. The van der Waals surface area contributed by atoms with Crippen LogP contribution in [-0.4, -0.2) is 17.1 Å². The molecule has 1 aromatic heterocycles. The van der Waals surface area contributed by atoms with Gasteiger partial charge in [-0.2, -0.15) is 0 Å². The normalized spacial score (nSPS) is 11.4. The lowest BCUT2D eigenvalue weighted by atomic mass is 10.1. The molecule has 0 unspecified atom stereocenters. The van der Waals surface area contributed by atoms with Crippen molar-refractivity contribution in [2.24, 2.45) is 5.73 Å². The second kappa shape index (κ2) is 3.75. The maximum atomic E-state index is 5.77. The van der Waals surface area contributed by atoms with Crippen LogP contribution in [0.15, 0.2) is 18.3 Å². The van der Waals surface area contributed by atoms with Gasteiger partial charge in [0.25, 0.3) is 0 Å². The minimum Gasteiger partial charge on any atom is -0.490 e. The Morgan fingerprint density at radius 1 is 1.46 bits per heavy atom. The molecule has 0 radical (unpaired) electrons. The van der Waals surface area contributed by atoms with Gasteiger partial charge in [-0.05, 0) is 32.9 Å². The van der Waals surface area contributed by atoms with Crippen molar-refractivity contribution in [1.82, 2.24) is 4.98 Å². The van der Waals surface area contributed by atoms with E-state index in [0.717, 1.165) is 11.4 Å². The van der Waals surface area contributed by atoms with Crippen molar-refractivity contribution in [3.8, 4) is 5.75 Å². The van der Waals surface area contributed by atoms with E-state index in [0.29, 0.717) is 6.61 Å². The molecule has 3 heteroatoms. The van der Waals surface area contributed by atoms with Crippen molar-refractivity contribution in [2.75, 3.05) is 6.61 Å². The van der Waals surface area contributed by atoms with Gasteiger partial charge in [0.1, 0.15) is 12.4 Å². The zero-order valence-electron chi connectivity index (χ0n) is 8.37. The van der Waals surface area contributed by atoms with E-state index in [1.165, 1.54) is 0 Å². The quantitative estimate of drug-likeness (QED) is 0.767. The number of nitrogens with zero attached hydrogens (tertiary/aromatic N) is 1. The molecule has 0 atom stereocenters. The molecule has 0 amide bonds. The summed E-state index contributed by atoms with van der Waals surface area (Å²) in [5.74, 6) is 0.768. The lowest BCUT2D eigenvalue weighted by Gasteiger charge is -2.18. The largest absolute Gasteiger partial charge is 0.490 e. The van der Waals surface area contributed by atoms with E-state index in [1.807, 2.05) is 32.9 Å². The average molecular weight is 180 g/mol. The van der Waals surface area contributed by atoms with Gasteiger partial charge < -0.3 is 10.5 Å². The molecule has 0 saturated heterocycles. The molecular weight excluding hydrogens is 164 g/mol. The first kappa shape index (κ1) is 9.99. The van der Waals surface area contributed by atoms with Gasteiger partial charge in [-0.15, -0.1) is 0 Å². The zero-order chi connectivity index (χ0) is 9.90. The highest BCUT2D eigenvalue weighted by Crippen LogP contribution is 2.10. The van der Waals surface area contributed by atoms with Gasteiger partial charge in [0.05, 0.1) is 6.20 Å². The molecule has 3 nitrogen and oxygen atoms in total. The summed E-state index contributed by atoms with van der Waals surface area (Å²) < 4.78 is 5.44. The predicted octanol–water partition coefficient (Wildman–Crippen LogP) is 1.51. The standard InChI is InChI=1S/C10H16N2O/c1-8-4-5-9(6-12-8)13-7-10(2,3)11/h4-6H,7,11H2,1-3H3. The number of ether oxygens (including phenoxy) is 1. The van der Waals surface area contributed by atoms with Crippen molar-refractivity contribution in [1.29, 1.82) is 0 Å². The molecule has 2 N–H and O–H groups in total. The van der Waals surface area contributed by atoms with E-state index in [-0.39, 0.29) is 5.54 Å². The fourth-order valence-electron chi connectivity index (χ4n) is 0.809. The number of aromatic nitrogens is 1. The molecule has 1 heterocycles. The monoisotopic (exact) mass is 180 g/mol. The topological polar surface area (TPSA) is 48.1 Å². The zero-order valence-corrected chi connectivity index (χ0v) is 8.37. The van der Waals surface area contributed by atoms with E-state index in [1.54, 1.807) is 6.20 Å². The van der Waals surface area contributed by atoms with E-state index >= 15 is 0 Å². The van der Waals surface area contributed by atoms with Crippen LogP contribution in [0.1, 0.15) is 19.5 Å². The number of pyridine rings is 1. The Morgan fingerprint density at radius 3 is 2.62 bits per heavy atom. The van der Waals surface area contributed by atoms with Crippen molar-refractivity contribution >= 4 is 0 Å². The predicted molar refractivity (Wildman–Crippen MR) is 52.7 cm³/mol. The van der Waals surface area contributed by atoms with Gasteiger partial charge in [-0.3, -0.25) is 4.98 Å². The highest BCUT2D eigenvalue weighted by Gasteiger charge is 2.11. The third-order valence-electron chi connectivity index (χ3n) is 1.50. The first-order chi connectivity index (χ1) is 5.97. The third-order valence-corrected chi connectivity index (χ3v) is 1.50. The van der Waals surface area contributed by atoms with Crippen LogP contribution in [0.4, 0.5) is 0 Å². The molecule has 0 bridgehead atoms. The summed E-state index contributed by atoms with van der Waals surface area (Å²) in [5.41, 5.74) is 6.45. The van der Waals surface area contributed by atoms with Crippen molar-refractivity contribution in [2.45, 2.75) is 26.3 Å². The SMILES string of the molecule is Cc1ccc(OCC(C)(C)N)cn1. The van der Waals surface area contributed by atoms with Crippen LogP contribution in [0.3, 0.4) is 0 Å². The number of rotatable bonds is 3. The second-order valence-corrected chi connectivity index (χ2v) is 3.91. The van der Waals surface area contributed by atoms with Crippen LogP contribution in [0.2, 0.25) is 0 Å². The number of hydrogen-bond acceptors (Lipinski definition) is 3. The molecule has 72 valence electrons. The molecule has 13 heavy (non-hydrogen) atoms. The molecule has 0 aromatic carbocycles. The van der Waals surface area contributed by atoms with E-state index < -0.39 is 0 Å². The Bertz CT molecular complexity index is 261. The van der Waals surface area contributed by atoms with Gasteiger partial charge in [-0.25, -0.2) is 0 Å². The summed E-state index contributed by atoms with van der Waals surface area (Å²) in [6, 6.07) is 3.81. The van der Waals surface area contributed by atoms with E-state index in [9.17, 15) is 0 Å². The van der Waals surface area contributed by atoms with Crippen LogP contribution in [0.5, 0.6) is 5.75 Å². The van der Waals surface area contributed by atoms with Crippen molar-refractivity contribution in [3.05, 3.63) is 24.0 Å². The Balaban J connectivity index is 2.51. The molecule has 0 aliphatic carbocycles. The molecule has 1 rings (SSSR count). The van der Waals surface area contributed by atoms with Crippen molar-refractivity contribution < 1.29 is 4.74 Å². The Morgan fingerprint density at radius 2 is 2.15 bits per heavy atom. The van der Waals surface area contributed by atoms with E-state index in [4.69, 9.17) is 10.5 Å². The Labute approximate surface area is 78.9 Å². The molecule has 0 aliphatic rings. The Kier molecular flexibility index (Phi) is 2.88. The highest BCUT2D eigenvalue weighted by atomic mass is 16.5. The lowest BCUT2D eigenvalue weighted by molar-refractivity contribution is 0.242. The number of aryl methyl sites for hydroxylation is 1. The molecular formula is C10H16N2O. The minimum atomic E-state index is -0.301. The fourth-order valence-corrected chi connectivity index (χ4v) is 0.809. The maximum absolute atomic E-state index is 5.77. The summed E-state index contributed by atoms with van der Waals surface area (Å²) in [7, 11) is 0. The molecule has 0 fully saturated rings. The number of hydrogen-bond donors (Lipinski definition) is 1. The van der Waals surface area contributed by atoms with Gasteiger partial charge in [0, 0.05) is 11.2 Å². The number of nitrogens with two attached hydrogens (primary N) is 1. The second-order valence-electron chi connectivity index (χ2n) is 3.91.